The molecule has 0 aromatic rings. The molecule has 3 nitrogen and oxygen atoms in total. The first-order valence-corrected chi connectivity index (χ1v) is 7.37. The number of halogens is 3. The fourth-order valence-corrected chi connectivity index (χ4v) is 2.48. The van der Waals surface area contributed by atoms with Crippen molar-refractivity contribution in [3.05, 3.63) is 0 Å². The van der Waals surface area contributed by atoms with Gasteiger partial charge in [0.1, 0.15) is 6.17 Å². The Morgan fingerprint density at radius 2 is 1.61 bits per heavy atom. The smallest absolute Gasteiger partial charge is 0.226 e. The van der Waals surface area contributed by atoms with E-state index in [1.54, 1.807) is 0 Å². The van der Waals surface area contributed by atoms with Crippen LogP contribution in [0, 0.1) is 5.41 Å². The fourth-order valence-electron chi connectivity index (χ4n) is 1.90. The highest BCUT2D eigenvalue weighted by atomic mass is 35.6. The predicted octanol–water partition coefficient (Wildman–Crippen LogP) is 3.33. The average Bonchev–Trinajstić information content (AvgIpc) is 2.23. The lowest BCUT2D eigenvalue weighted by Crippen LogP contribution is -2.58. The molecule has 1 amide bonds. The Morgan fingerprint density at radius 1 is 1.11 bits per heavy atom. The maximum Gasteiger partial charge on any atom is 0.226 e. The minimum Gasteiger partial charge on any atom is -0.336 e. The van der Waals surface area contributed by atoms with Crippen molar-refractivity contribution in [2.24, 2.45) is 5.41 Å². The van der Waals surface area contributed by atoms with Gasteiger partial charge in [0.15, 0.2) is 0 Å². The van der Waals surface area contributed by atoms with Crippen molar-refractivity contribution in [2.75, 3.05) is 13.1 Å². The molecule has 0 saturated carbocycles. The number of carbonyl (C=O) groups excluding carboxylic acids is 1. The molecule has 1 atom stereocenters. The van der Waals surface area contributed by atoms with E-state index in [0.29, 0.717) is 0 Å². The third kappa shape index (κ3) is 4.76. The Hall–Kier alpha value is 0.300. The number of carbonyl (C=O) groups is 1. The van der Waals surface area contributed by atoms with E-state index in [1.165, 1.54) is 6.42 Å². The highest BCUT2D eigenvalue weighted by molar-refractivity contribution is 6.68. The van der Waals surface area contributed by atoms with E-state index >= 15 is 0 Å². The van der Waals surface area contributed by atoms with Crippen LogP contribution in [0.15, 0.2) is 0 Å². The van der Waals surface area contributed by atoms with Crippen LogP contribution in [0.5, 0.6) is 0 Å². The van der Waals surface area contributed by atoms with Crippen molar-refractivity contribution in [1.29, 1.82) is 0 Å². The zero-order valence-corrected chi connectivity index (χ0v) is 13.4. The number of nitrogens with one attached hydrogen (secondary N) is 1. The predicted molar refractivity (Wildman–Crippen MR) is 77.1 cm³/mol. The molecule has 1 saturated heterocycles. The van der Waals surface area contributed by atoms with Crippen LogP contribution < -0.4 is 5.32 Å². The molecule has 1 heterocycles. The molecule has 0 aromatic carbocycles. The second-order valence-electron chi connectivity index (χ2n) is 5.76. The van der Waals surface area contributed by atoms with Crippen LogP contribution in [0.1, 0.15) is 40.0 Å². The first kappa shape index (κ1) is 16.4. The van der Waals surface area contributed by atoms with Gasteiger partial charge in [-0.25, -0.2) is 0 Å². The summed E-state index contributed by atoms with van der Waals surface area (Å²) in [6.07, 6.45) is 2.77. The van der Waals surface area contributed by atoms with Gasteiger partial charge in [0.05, 0.1) is 0 Å². The Kier molecular flexibility index (Phi) is 5.60. The van der Waals surface area contributed by atoms with Gasteiger partial charge in [0, 0.05) is 18.5 Å². The number of hydrogen-bond donors (Lipinski definition) is 1. The molecule has 106 valence electrons. The lowest BCUT2D eigenvalue weighted by atomic mass is 9.95. The van der Waals surface area contributed by atoms with Crippen LogP contribution in [0.3, 0.4) is 0 Å². The monoisotopic (exact) mass is 314 g/mol. The Balaban J connectivity index is 2.76. The fraction of sp³-hybridized carbons (Fsp3) is 0.917. The zero-order chi connectivity index (χ0) is 14.0. The van der Waals surface area contributed by atoms with E-state index in [1.807, 2.05) is 25.7 Å². The molecule has 0 radical (unpaired) electrons. The highest BCUT2D eigenvalue weighted by Crippen LogP contribution is 2.34. The standard InChI is InChI=1S/C12H21Cl3N2O/c1-11(2,3)10(18)16-9(12(13,14)15)17-7-5-4-6-8-17/h9H,4-8H2,1-3H3,(H,16,18). The highest BCUT2D eigenvalue weighted by Gasteiger charge is 2.40. The van der Waals surface area contributed by atoms with Crippen molar-refractivity contribution < 1.29 is 4.79 Å². The molecule has 1 fully saturated rings. The number of likely N-dealkylation sites (tertiary alicyclic amines) is 1. The molecule has 1 aliphatic rings. The van der Waals surface area contributed by atoms with Gasteiger partial charge >= 0.3 is 0 Å². The van der Waals surface area contributed by atoms with Gasteiger partial charge in [-0.1, -0.05) is 62.0 Å². The quantitative estimate of drug-likeness (QED) is 0.793. The molecular formula is C12H21Cl3N2O. The third-order valence-electron chi connectivity index (χ3n) is 3.01. The largest absolute Gasteiger partial charge is 0.336 e. The van der Waals surface area contributed by atoms with Gasteiger partial charge in [-0.3, -0.25) is 9.69 Å². The minimum absolute atomic E-state index is 0.107. The van der Waals surface area contributed by atoms with Crippen molar-refractivity contribution in [3.8, 4) is 0 Å². The molecule has 1 aliphatic heterocycles. The molecule has 0 aliphatic carbocycles. The van der Waals surface area contributed by atoms with Gasteiger partial charge < -0.3 is 5.32 Å². The summed E-state index contributed by atoms with van der Waals surface area (Å²) in [5.74, 6) is -0.107. The summed E-state index contributed by atoms with van der Waals surface area (Å²) in [5, 5.41) is 2.86. The summed E-state index contributed by atoms with van der Waals surface area (Å²) in [6, 6.07) is 0. The number of piperidine rings is 1. The van der Waals surface area contributed by atoms with Crippen LogP contribution in [0.2, 0.25) is 0 Å². The molecule has 6 heteroatoms. The molecule has 0 bridgehead atoms. The second kappa shape index (κ2) is 6.17. The van der Waals surface area contributed by atoms with Crippen LogP contribution in [-0.2, 0) is 4.79 Å². The first-order chi connectivity index (χ1) is 8.12. The number of rotatable bonds is 2. The Labute approximate surface area is 124 Å². The summed E-state index contributed by atoms with van der Waals surface area (Å²) in [7, 11) is 0. The van der Waals surface area contributed by atoms with E-state index < -0.39 is 15.4 Å². The molecule has 1 rings (SSSR count). The molecule has 1 unspecified atom stereocenters. The van der Waals surface area contributed by atoms with Crippen molar-refractivity contribution >= 4 is 40.7 Å². The van der Waals surface area contributed by atoms with Crippen LogP contribution in [0.25, 0.3) is 0 Å². The van der Waals surface area contributed by atoms with Gasteiger partial charge in [-0.15, -0.1) is 0 Å². The lowest BCUT2D eigenvalue weighted by molar-refractivity contribution is -0.130. The van der Waals surface area contributed by atoms with Crippen molar-refractivity contribution in [1.82, 2.24) is 10.2 Å². The molecule has 0 aromatic heterocycles. The van der Waals surface area contributed by atoms with Gasteiger partial charge in [0.2, 0.25) is 9.70 Å². The number of amides is 1. The number of alkyl halides is 3. The summed E-state index contributed by atoms with van der Waals surface area (Å²) in [4.78, 5) is 14.1. The Morgan fingerprint density at radius 3 is 2.00 bits per heavy atom. The van der Waals surface area contributed by atoms with E-state index in [4.69, 9.17) is 34.8 Å². The summed E-state index contributed by atoms with van der Waals surface area (Å²) < 4.78 is -1.52. The molecule has 18 heavy (non-hydrogen) atoms. The maximum atomic E-state index is 12.1. The Bertz CT molecular complexity index is 291. The molecule has 0 spiro atoms. The zero-order valence-electron chi connectivity index (χ0n) is 11.1. The van der Waals surface area contributed by atoms with Crippen LogP contribution >= 0.6 is 34.8 Å². The SMILES string of the molecule is CC(C)(C)C(=O)NC(N1CCCCC1)C(Cl)(Cl)Cl. The number of hydrogen-bond acceptors (Lipinski definition) is 2. The number of nitrogens with zero attached hydrogens (tertiary/aromatic N) is 1. The van der Waals surface area contributed by atoms with Gasteiger partial charge in [-0.05, 0) is 12.8 Å². The van der Waals surface area contributed by atoms with Crippen molar-refractivity contribution in [2.45, 2.75) is 50.0 Å². The van der Waals surface area contributed by atoms with Crippen molar-refractivity contribution in [3.63, 3.8) is 0 Å². The summed E-state index contributed by atoms with van der Waals surface area (Å²) in [5.41, 5.74) is -0.496. The third-order valence-corrected chi connectivity index (χ3v) is 3.63. The topological polar surface area (TPSA) is 32.3 Å². The van der Waals surface area contributed by atoms with Crippen LogP contribution in [-0.4, -0.2) is 33.9 Å². The van der Waals surface area contributed by atoms with E-state index in [2.05, 4.69) is 5.32 Å². The molecular weight excluding hydrogens is 295 g/mol. The second-order valence-corrected chi connectivity index (χ2v) is 8.13. The minimum atomic E-state index is -1.52. The summed E-state index contributed by atoms with van der Waals surface area (Å²) >= 11 is 18.0. The van der Waals surface area contributed by atoms with Gasteiger partial charge in [-0.2, -0.15) is 0 Å². The van der Waals surface area contributed by atoms with E-state index in [-0.39, 0.29) is 5.91 Å². The molecule has 1 N–H and O–H groups in total. The maximum absolute atomic E-state index is 12.1. The normalized spacial score (nSPS) is 20.6. The van der Waals surface area contributed by atoms with Gasteiger partial charge in [0.25, 0.3) is 0 Å². The summed E-state index contributed by atoms with van der Waals surface area (Å²) in [6.45, 7) is 7.22. The van der Waals surface area contributed by atoms with E-state index in [0.717, 1.165) is 25.9 Å². The first-order valence-electron chi connectivity index (χ1n) is 6.24. The lowest BCUT2D eigenvalue weighted by Gasteiger charge is -2.39. The average molecular weight is 316 g/mol. The van der Waals surface area contributed by atoms with Crippen LogP contribution in [0.4, 0.5) is 0 Å². The van der Waals surface area contributed by atoms with E-state index in [9.17, 15) is 4.79 Å².